The molecule has 0 aliphatic heterocycles. The number of hydrogen-bond donors (Lipinski definition) is 2. The van der Waals surface area contributed by atoms with Crippen molar-refractivity contribution in [1.82, 2.24) is 5.32 Å². The van der Waals surface area contributed by atoms with Crippen LogP contribution < -0.4 is 5.32 Å². The number of amides is 1. The molecule has 5 heteroatoms. The summed E-state index contributed by atoms with van der Waals surface area (Å²) < 4.78 is 5.09. The van der Waals surface area contributed by atoms with Crippen LogP contribution in [0.1, 0.15) is 33.6 Å². The Labute approximate surface area is 101 Å². The van der Waals surface area contributed by atoms with E-state index in [1.165, 1.54) is 0 Å². The second-order valence-electron chi connectivity index (χ2n) is 5.36. The lowest BCUT2D eigenvalue weighted by Gasteiger charge is -2.23. The van der Waals surface area contributed by atoms with Crippen molar-refractivity contribution in [2.24, 2.45) is 5.92 Å². The first-order valence-electron chi connectivity index (χ1n) is 5.58. The fraction of sp³-hybridized carbons (Fsp3) is 0.667. The van der Waals surface area contributed by atoms with E-state index in [0.29, 0.717) is 12.8 Å². The summed E-state index contributed by atoms with van der Waals surface area (Å²) in [6, 6.07) is -0.421. The van der Waals surface area contributed by atoms with Crippen LogP contribution in [-0.2, 0) is 9.53 Å². The number of carbonyl (C=O) groups is 2. The quantitative estimate of drug-likeness (QED) is 0.724. The van der Waals surface area contributed by atoms with E-state index in [1.807, 2.05) is 0 Å². The molecular formula is C12H19NO4. The zero-order chi connectivity index (χ0) is 13.2. The van der Waals surface area contributed by atoms with Crippen LogP contribution in [0.2, 0.25) is 0 Å². The maximum absolute atomic E-state index is 11.5. The molecule has 1 fully saturated rings. The number of ether oxygens (including phenoxy) is 1. The summed E-state index contributed by atoms with van der Waals surface area (Å²) in [6.45, 7) is 9.04. The van der Waals surface area contributed by atoms with E-state index >= 15 is 0 Å². The SMILES string of the molecule is C=C1C[C@H](NC(=O)OC(C)(C)C)[C@@H](C(=O)O)C1. The third-order valence-corrected chi connectivity index (χ3v) is 2.52. The predicted molar refractivity (Wildman–Crippen MR) is 62.7 cm³/mol. The Bertz CT molecular complexity index is 343. The van der Waals surface area contributed by atoms with Crippen LogP contribution in [0, 0.1) is 5.92 Å². The van der Waals surface area contributed by atoms with Gasteiger partial charge in [-0.05, 0) is 33.6 Å². The molecule has 17 heavy (non-hydrogen) atoms. The highest BCUT2D eigenvalue weighted by atomic mass is 16.6. The molecule has 96 valence electrons. The molecule has 0 bridgehead atoms. The molecule has 0 aromatic carbocycles. The molecule has 2 N–H and O–H groups in total. The Morgan fingerprint density at radius 1 is 1.41 bits per heavy atom. The Kier molecular flexibility index (Phi) is 3.80. The monoisotopic (exact) mass is 241 g/mol. The van der Waals surface area contributed by atoms with E-state index in [1.54, 1.807) is 20.8 Å². The molecule has 0 spiro atoms. The molecule has 1 amide bonds. The number of alkyl carbamates (subject to hydrolysis) is 1. The molecule has 0 heterocycles. The van der Waals surface area contributed by atoms with Gasteiger partial charge in [0.05, 0.1) is 5.92 Å². The van der Waals surface area contributed by atoms with E-state index in [4.69, 9.17) is 9.84 Å². The highest BCUT2D eigenvalue weighted by Crippen LogP contribution is 2.29. The minimum absolute atomic E-state index is 0.412. The first kappa shape index (κ1) is 13.5. The van der Waals surface area contributed by atoms with E-state index in [0.717, 1.165) is 5.57 Å². The van der Waals surface area contributed by atoms with Gasteiger partial charge in [0.1, 0.15) is 5.60 Å². The lowest BCUT2D eigenvalue weighted by Crippen LogP contribution is -2.42. The number of carboxylic acid groups (broad SMARTS) is 1. The molecule has 0 radical (unpaired) electrons. The van der Waals surface area contributed by atoms with Gasteiger partial charge in [0.15, 0.2) is 0 Å². The average Bonchev–Trinajstić information content (AvgIpc) is 2.42. The number of carbonyl (C=O) groups excluding carboxylic acids is 1. The summed E-state index contributed by atoms with van der Waals surface area (Å²) in [6.07, 6.45) is 0.329. The van der Waals surface area contributed by atoms with Crippen molar-refractivity contribution in [1.29, 1.82) is 0 Å². The smallest absolute Gasteiger partial charge is 0.407 e. The Hall–Kier alpha value is -1.52. The van der Waals surface area contributed by atoms with Gasteiger partial charge in [-0.25, -0.2) is 4.79 Å². The van der Waals surface area contributed by atoms with Crippen LogP contribution in [0.4, 0.5) is 4.79 Å². The number of carboxylic acids is 1. The minimum Gasteiger partial charge on any atom is -0.481 e. The molecule has 2 atom stereocenters. The highest BCUT2D eigenvalue weighted by Gasteiger charge is 2.36. The average molecular weight is 241 g/mol. The molecule has 1 saturated carbocycles. The maximum Gasteiger partial charge on any atom is 0.407 e. The molecule has 0 unspecified atom stereocenters. The van der Waals surface area contributed by atoms with Crippen LogP contribution in [0.15, 0.2) is 12.2 Å². The predicted octanol–water partition coefficient (Wildman–Crippen LogP) is 1.93. The van der Waals surface area contributed by atoms with E-state index < -0.39 is 29.6 Å². The van der Waals surface area contributed by atoms with Gasteiger partial charge in [-0.15, -0.1) is 0 Å². The van der Waals surface area contributed by atoms with Crippen LogP contribution in [0.25, 0.3) is 0 Å². The molecule has 0 saturated heterocycles. The summed E-state index contributed by atoms with van der Waals surface area (Å²) in [5.74, 6) is -1.51. The van der Waals surface area contributed by atoms with E-state index in [9.17, 15) is 9.59 Å². The maximum atomic E-state index is 11.5. The normalized spacial score (nSPS) is 24.5. The van der Waals surface area contributed by atoms with Gasteiger partial charge in [0.25, 0.3) is 0 Å². The first-order chi connectivity index (χ1) is 7.69. The van der Waals surface area contributed by atoms with Crippen molar-refractivity contribution in [3.8, 4) is 0 Å². The van der Waals surface area contributed by atoms with Gasteiger partial charge in [0, 0.05) is 6.04 Å². The molecule has 1 rings (SSSR count). The van der Waals surface area contributed by atoms with Crippen molar-refractivity contribution in [3.63, 3.8) is 0 Å². The van der Waals surface area contributed by atoms with Gasteiger partial charge >= 0.3 is 12.1 Å². The van der Waals surface area contributed by atoms with E-state index in [-0.39, 0.29) is 0 Å². The second kappa shape index (κ2) is 4.77. The Balaban J connectivity index is 2.58. The minimum atomic E-state index is -0.912. The highest BCUT2D eigenvalue weighted by molar-refractivity contribution is 5.75. The fourth-order valence-electron chi connectivity index (χ4n) is 1.86. The number of hydrogen-bond acceptors (Lipinski definition) is 3. The van der Waals surface area contributed by atoms with Crippen LogP contribution in [0.5, 0.6) is 0 Å². The summed E-state index contributed by atoms with van der Waals surface area (Å²) in [5.41, 5.74) is 0.261. The van der Waals surface area contributed by atoms with Gasteiger partial charge in [0.2, 0.25) is 0 Å². The van der Waals surface area contributed by atoms with Crippen LogP contribution in [0.3, 0.4) is 0 Å². The van der Waals surface area contributed by atoms with Crippen molar-refractivity contribution in [3.05, 3.63) is 12.2 Å². The van der Waals surface area contributed by atoms with Crippen molar-refractivity contribution >= 4 is 12.1 Å². The number of aliphatic carboxylic acids is 1. The van der Waals surface area contributed by atoms with Gasteiger partial charge in [-0.3, -0.25) is 4.79 Å². The largest absolute Gasteiger partial charge is 0.481 e. The van der Waals surface area contributed by atoms with Crippen molar-refractivity contribution < 1.29 is 19.4 Å². The summed E-state index contributed by atoms with van der Waals surface area (Å²) >= 11 is 0. The van der Waals surface area contributed by atoms with Crippen molar-refractivity contribution in [2.45, 2.75) is 45.3 Å². The van der Waals surface area contributed by atoms with Gasteiger partial charge < -0.3 is 15.2 Å². The van der Waals surface area contributed by atoms with Crippen LogP contribution >= 0.6 is 0 Å². The number of nitrogens with one attached hydrogen (secondary N) is 1. The second-order valence-corrected chi connectivity index (χ2v) is 5.36. The number of rotatable bonds is 2. The molecule has 0 aromatic heterocycles. The Morgan fingerprint density at radius 3 is 2.47 bits per heavy atom. The van der Waals surface area contributed by atoms with Gasteiger partial charge in [-0.2, -0.15) is 0 Å². The summed E-state index contributed by atoms with van der Waals surface area (Å²) in [7, 11) is 0. The summed E-state index contributed by atoms with van der Waals surface area (Å²) in [5, 5.41) is 11.6. The topological polar surface area (TPSA) is 75.6 Å². The zero-order valence-corrected chi connectivity index (χ0v) is 10.4. The lowest BCUT2D eigenvalue weighted by atomic mass is 10.0. The lowest BCUT2D eigenvalue weighted by molar-refractivity contribution is -0.142. The van der Waals surface area contributed by atoms with Gasteiger partial charge in [-0.1, -0.05) is 12.2 Å². The molecule has 5 nitrogen and oxygen atoms in total. The third-order valence-electron chi connectivity index (χ3n) is 2.52. The molecule has 0 aromatic rings. The van der Waals surface area contributed by atoms with Crippen molar-refractivity contribution in [2.75, 3.05) is 0 Å². The summed E-state index contributed by atoms with van der Waals surface area (Å²) in [4.78, 5) is 22.5. The standard InChI is InChI=1S/C12H19NO4/c1-7-5-8(10(14)15)9(6-7)13-11(16)17-12(2,3)4/h8-9H,1,5-6H2,2-4H3,(H,13,16)(H,14,15)/t8-,9-/m0/s1. The molecule has 1 aliphatic rings. The fourth-order valence-corrected chi connectivity index (χ4v) is 1.86. The molecular weight excluding hydrogens is 222 g/mol. The first-order valence-corrected chi connectivity index (χ1v) is 5.58. The zero-order valence-electron chi connectivity index (χ0n) is 10.4. The van der Waals surface area contributed by atoms with E-state index in [2.05, 4.69) is 11.9 Å². The Morgan fingerprint density at radius 2 is 2.00 bits per heavy atom. The molecule has 1 aliphatic carbocycles. The third kappa shape index (κ3) is 4.09. The van der Waals surface area contributed by atoms with Crippen LogP contribution in [-0.4, -0.2) is 28.8 Å².